The molecule has 144 valence electrons. The summed E-state index contributed by atoms with van der Waals surface area (Å²) >= 11 is 0. The highest BCUT2D eigenvalue weighted by molar-refractivity contribution is 6.01. The van der Waals surface area contributed by atoms with Gasteiger partial charge in [-0.1, -0.05) is 23.4 Å². The average Bonchev–Trinajstić information content (AvgIpc) is 3.09. The number of piperazine rings is 1. The molecule has 1 aliphatic heterocycles. The highest BCUT2D eigenvalue weighted by Gasteiger charge is 2.29. The molecule has 1 amide bonds. The van der Waals surface area contributed by atoms with E-state index in [1.807, 2.05) is 11.0 Å². The van der Waals surface area contributed by atoms with E-state index < -0.39 is 5.82 Å². The maximum Gasteiger partial charge on any atom is 0.259 e. The number of benzene rings is 2. The van der Waals surface area contributed by atoms with Gasteiger partial charge in [-0.2, -0.15) is 0 Å². The van der Waals surface area contributed by atoms with Gasteiger partial charge in [-0.15, -0.1) is 0 Å². The molecule has 0 atom stereocenters. The highest BCUT2D eigenvalue weighted by atomic mass is 19.1. The van der Waals surface area contributed by atoms with Crippen molar-refractivity contribution in [3.05, 3.63) is 71.5 Å². The van der Waals surface area contributed by atoms with Crippen molar-refractivity contribution in [1.29, 1.82) is 0 Å². The van der Waals surface area contributed by atoms with E-state index in [-0.39, 0.29) is 28.5 Å². The van der Waals surface area contributed by atoms with Crippen LogP contribution in [-0.4, -0.2) is 42.1 Å². The minimum atomic E-state index is -0.458. The van der Waals surface area contributed by atoms with E-state index in [0.29, 0.717) is 31.9 Å². The van der Waals surface area contributed by atoms with Crippen molar-refractivity contribution in [2.24, 2.45) is 0 Å². The van der Waals surface area contributed by atoms with E-state index in [9.17, 15) is 13.6 Å². The Balaban J connectivity index is 1.54. The van der Waals surface area contributed by atoms with Crippen LogP contribution in [0, 0.1) is 18.6 Å². The Morgan fingerprint density at radius 3 is 2.50 bits per heavy atom. The highest BCUT2D eigenvalue weighted by Crippen LogP contribution is 2.29. The summed E-state index contributed by atoms with van der Waals surface area (Å²) < 4.78 is 32.9. The fraction of sp³-hybridized carbons (Fsp3) is 0.238. The second-order valence-electron chi connectivity index (χ2n) is 6.70. The lowest BCUT2D eigenvalue weighted by atomic mass is 10.0. The molecule has 1 aliphatic rings. The summed E-state index contributed by atoms with van der Waals surface area (Å²) in [5, 5.41) is 3.92. The first-order chi connectivity index (χ1) is 13.5. The summed E-state index contributed by atoms with van der Waals surface area (Å²) in [7, 11) is 0. The molecule has 2 heterocycles. The van der Waals surface area contributed by atoms with Gasteiger partial charge in [0, 0.05) is 37.4 Å². The third-order valence-electron chi connectivity index (χ3n) is 4.95. The first-order valence-electron chi connectivity index (χ1n) is 9.05. The number of rotatable bonds is 3. The van der Waals surface area contributed by atoms with Gasteiger partial charge in [0.25, 0.3) is 5.91 Å². The van der Waals surface area contributed by atoms with Crippen LogP contribution in [0.25, 0.3) is 11.3 Å². The second-order valence-corrected chi connectivity index (χ2v) is 6.70. The quantitative estimate of drug-likeness (QED) is 0.689. The zero-order valence-corrected chi connectivity index (χ0v) is 15.4. The molecular weight excluding hydrogens is 364 g/mol. The molecule has 2 aromatic carbocycles. The Morgan fingerprint density at radius 1 is 1.04 bits per heavy atom. The van der Waals surface area contributed by atoms with Gasteiger partial charge in [0.2, 0.25) is 0 Å². The van der Waals surface area contributed by atoms with Crippen LogP contribution in [0.4, 0.5) is 14.5 Å². The van der Waals surface area contributed by atoms with Gasteiger partial charge in [0.1, 0.15) is 28.7 Å². The lowest BCUT2D eigenvalue weighted by Gasteiger charge is -2.36. The zero-order valence-electron chi connectivity index (χ0n) is 15.4. The lowest BCUT2D eigenvalue weighted by molar-refractivity contribution is 0.0745. The predicted octanol–water partition coefficient (Wildman–Crippen LogP) is 3.89. The van der Waals surface area contributed by atoms with Crippen LogP contribution in [0.15, 0.2) is 53.1 Å². The van der Waals surface area contributed by atoms with Crippen molar-refractivity contribution in [2.45, 2.75) is 6.92 Å². The van der Waals surface area contributed by atoms with E-state index in [0.717, 1.165) is 5.69 Å². The monoisotopic (exact) mass is 383 g/mol. The average molecular weight is 383 g/mol. The minimum absolute atomic E-state index is 0.216. The minimum Gasteiger partial charge on any atom is -0.368 e. The second kappa shape index (κ2) is 7.42. The number of hydrogen-bond donors (Lipinski definition) is 0. The van der Waals surface area contributed by atoms with Gasteiger partial charge in [-0.3, -0.25) is 4.79 Å². The van der Waals surface area contributed by atoms with Crippen LogP contribution in [0.2, 0.25) is 0 Å². The molecule has 1 fully saturated rings. The lowest BCUT2D eigenvalue weighted by Crippen LogP contribution is -2.49. The van der Waals surface area contributed by atoms with Crippen LogP contribution in [0.5, 0.6) is 0 Å². The normalized spacial score (nSPS) is 14.4. The maximum absolute atomic E-state index is 14.2. The van der Waals surface area contributed by atoms with Crippen molar-refractivity contribution in [1.82, 2.24) is 10.1 Å². The van der Waals surface area contributed by atoms with Crippen LogP contribution in [-0.2, 0) is 0 Å². The third-order valence-corrected chi connectivity index (χ3v) is 4.95. The van der Waals surface area contributed by atoms with Crippen molar-refractivity contribution < 1.29 is 18.1 Å². The molecule has 7 heteroatoms. The molecule has 0 saturated carbocycles. The molecule has 5 nitrogen and oxygen atoms in total. The fourth-order valence-electron chi connectivity index (χ4n) is 3.46. The number of aromatic nitrogens is 1. The number of halogens is 2. The molecule has 4 rings (SSSR count). The Kier molecular flexibility index (Phi) is 4.81. The molecule has 28 heavy (non-hydrogen) atoms. The van der Waals surface area contributed by atoms with Crippen LogP contribution in [0.1, 0.15) is 16.1 Å². The number of aryl methyl sites for hydroxylation is 1. The predicted molar refractivity (Wildman–Crippen MR) is 101 cm³/mol. The van der Waals surface area contributed by atoms with Crippen molar-refractivity contribution in [3.8, 4) is 11.3 Å². The summed E-state index contributed by atoms with van der Waals surface area (Å²) in [4.78, 5) is 16.8. The van der Waals surface area contributed by atoms with Gasteiger partial charge in [-0.25, -0.2) is 8.78 Å². The standard InChI is InChI=1S/C21H19F2N3O2/c1-14-19(20(24-28-14)17-7-2-3-8-18(17)23)21(27)26-11-9-25(10-12-26)16-6-4-5-15(22)13-16/h2-8,13H,9-12H2,1H3. The van der Waals surface area contributed by atoms with Crippen molar-refractivity contribution in [2.75, 3.05) is 31.1 Å². The SMILES string of the molecule is Cc1onc(-c2ccccc2F)c1C(=O)N1CCN(c2cccc(F)c2)CC1. The molecule has 0 N–H and O–H groups in total. The Bertz CT molecular complexity index is 1010. The third kappa shape index (κ3) is 3.35. The van der Waals surface area contributed by atoms with Crippen LogP contribution >= 0.6 is 0 Å². The number of amides is 1. The maximum atomic E-state index is 14.2. The molecular formula is C21H19F2N3O2. The first kappa shape index (κ1) is 18.2. The van der Waals surface area contributed by atoms with Gasteiger partial charge in [0.05, 0.1) is 0 Å². The van der Waals surface area contributed by atoms with Crippen LogP contribution in [0.3, 0.4) is 0 Å². The zero-order chi connectivity index (χ0) is 19.7. The van der Waals surface area contributed by atoms with Crippen LogP contribution < -0.4 is 4.90 Å². The molecule has 0 spiro atoms. The number of nitrogens with zero attached hydrogens (tertiary/aromatic N) is 3. The molecule has 0 unspecified atom stereocenters. The largest absolute Gasteiger partial charge is 0.368 e. The van der Waals surface area contributed by atoms with E-state index >= 15 is 0 Å². The molecule has 1 saturated heterocycles. The van der Waals surface area contributed by atoms with Crippen molar-refractivity contribution in [3.63, 3.8) is 0 Å². The van der Waals surface area contributed by atoms with Gasteiger partial charge in [0.15, 0.2) is 0 Å². The summed E-state index contributed by atoms with van der Waals surface area (Å²) in [5.74, 6) is -0.627. The smallest absolute Gasteiger partial charge is 0.259 e. The summed E-state index contributed by atoms with van der Waals surface area (Å²) in [5.41, 5.74) is 1.53. The Hall–Kier alpha value is -3.22. The first-order valence-corrected chi connectivity index (χ1v) is 9.05. The van der Waals surface area contributed by atoms with Gasteiger partial charge in [-0.05, 0) is 37.3 Å². The molecule has 0 aliphatic carbocycles. The van der Waals surface area contributed by atoms with E-state index in [1.54, 1.807) is 36.1 Å². The van der Waals surface area contributed by atoms with Gasteiger partial charge < -0.3 is 14.3 Å². The van der Waals surface area contributed by atoms with E-state index in [4.69, 9.17) is 4.52 Å². The molecule has 0 radical (unpaired) electrons. The summed E-state index contributed by atoms with van der Waals surface area (Å²) in [6.07, 6.45) is 0. The Labute approximate surface area is 161 Å². The number of carbonyl (C=O) groups is 1. The molecule has 1 aromatic heterocycles. The fourth-order valence-corrected chi connectivity index (χ4v) is 3.46. The Morgan fingerprint density at radius 2 is 1.79 bits per heavy atom. The summed E-state index contributed by atoms with van der Waals surface area (Å²) in [6, 6.07) is 12.6. The number of hydrogen-bond acceptors (Lipinski definition) is 4. The number of anilines is 1. The topological polar surface area (TPSA) is 49.6 Å². The number of carbonyl (C=O) groups excluding carboxylic acids is 1. The van der Waals surface area contributed by atoms with E-state index in [1.165, 1.54) is 18.2 Å². The molecule has 0 bridgehead atoms. The van der Waals surface area contributed by atoms with Gasteiger partial charge >= 0.3 is 0 Å². The molecule has 3 aromatic rings. The summed E-state index contributed by atoms with van der Waals surface area (Å²) in [6.45, 7) is 3.74. The van der Waals surface area contributed by atoms with Crippen molar-refractivity contribution >= 4 is 11.6 Å². The van der Waals surface area contributed by atoms with E-state index in [2.05, 4.69) is 5.16 Å².